The van der Waals surface area contributed by atoms with Crippen molar-refractivity contribution in [1.29, 1.82) is 0 Å². The number of benzene rings is 1. The van der Waals surface area contributed by atoms with E-state index in [-0.39, 0.29) is 0 Å². The lowest BCUT2D eigenvalue weighted by Gasteiger charge is -2.02. The fourth-order valence-corrected chi connectivity index (χ4v) is 1.97. The van der Waals surface area contributed by atoms with E-state index in [1.165, 1.54) is 18.0 Å². The van der Waals surface area contributed by atoms with Crippen molar-refractivity contribution < 1.29 is 9.21 Å². The van der Waals surface area contributed by atoms with Gasteiger partial charge in [0.05, 0.1) is 6.20 Å². The molecule has 0 saturated heterocycles. The van der Waals surface area contributed by atoms with Crippen LogP contribution >= 0.6 is 11.8 Å². The van der Waals surface area contributed by atoms with Gasteiger partial charge in [0.1, 0.15) is 6.26 Å². The second-order valence-electron chi connectivity index (χ2n) is 3.06. The Hall–Kier alpha value is -1.55. The molecule has 0 saturated carbocycles. The molecule has 0 spiro atoms. The van der Waals surface area contributed by atoms with Crippen LogP contribution in [0, 0.1) is 6.92 Å². The summed E-state index contributed by atoms with van der Waals surface area (Å²) in [5, 5.41) is 0.543. The second kappa shape index (κ2) is 4.31. The molecule has 2 aromatic rings. The first-order valence-electron chi connectivity index (χ1n) is 4.43. The molecule has 0 bridgehead atoms. The number of nitrogens with zero attached hydrogens (tertiary/aromatic N) is 1. The van der Waals surface area contributed by atoms with Crippen molar-refractivity contribution in [3.05, 3.63) is 41.8 Å². The molecule has 0 aliphatic heterocycles. The molecule has 2 rings (SSSR count). The number of aryl methyl sites for hydroxylation is 1. The van der Waals surface area contributed by atoms with Gasteiger partial charge in [0, 0.05) is 10.5 Å². The Bertz CT molecular complexity index is 465. The van der Waals surface area contributed by atoms with Crippen molar-refractivity contribution in [3.8, 4) is 0 Å². The van der Waals surface area contributed by atoms with Gasteiger partial charge in [0.25, 0.3) is 5.22 Å². The summed E-state index contributed by atoms with van der Waals surface area (Å²) in [6.07, 6.45) is 3.94. The fraction of sp³-hybridized carbons (Fsp3) is 0.0909. The monoisotopic (exact) mass is 219 g/mol. The van der Waals surface area contributed by atoms with Crippen LogP contribution in [0.15, 0.2) is 45.2 Å². The highest BCUT2D eigenvalue weighted by Gasteiger charge is 2.06. The van der Waals surface area contributed by atoms with E-state index in [0.29, 0.717) is 10.8 Å². The minimum Gasteiger partial charge on any atom is -0.440 e. The van der Waals surface area contributed by atoms with Gasteiger partial charge in [-0.05, 0) is 30.8 Å². The predicted octanol–water partition coefficient (Wildman–Crippen LogP) is 2.95. The topological polar surface area (TPSA) is 43.1 Å². The normalized spacial score (nSPS) is 10.2. The number of carbonyl (C=O) groups is 1. The van der Waals surface area contributed by atoms with Gasteiger partial charge in [0.15, 0.2) is 6.29 Å². The maximum Gasteiger partial charge on any atom is 0.260 e. The summed E-state index contributed by atoms with van der Waals surface area (Å²) >= 11 is 1.35. The maximum absolute atomic E-state index is 10.8. The van der Waals surface area contributed by atoms with Crippen LogP contribution in [-0.2, 0) is 0 Å². The van der Waals surface area contributed by atoms with Crippen LogP contribution in [0.5, 0.6) is 0 Å². The third-order valence-electron chi connectivity index (χ3n) is 1.90. The van der Waals surface area contributed by atoms with Gasteiger partial charge >= 0.3 is 0 Å². The Morgan fingerprint density at radius 1 is 1.47 bits per heavy atom. The zero-order valence-corrected chi connectivity index (χ0v) is 8.95. The van der Waals surface area contributed by atoms with Gasteiger partial charge in [0.2, 0.25) is 0 Å². The molecule has 4 heteroatoms. The summed E-state index contributed by atoms with van der Waals surface area (Å²) in [7, 11) is 0. The molecule has 0 aliphatic rings. The lowest BCUT2D eigenvalue weighted by atomic mass is 10.2. The zero-order valence-electron chi connectivity index (χ0n) is 8.14. The Morgan fingerprint density at radius 2 is 2.33 bits per heavy atom. The van der Waals surface area contributed by atoms with E-state index in [9.17, 15) is 4.79 Å². The van der Waals surface area contributed by atoms with E-state index in [1.54, 1.807) is 6.20 Å². The van der Waals surface area contributed by atoms with E-state index in [4.69, 9.17) is 4.42 Å². The number of aldehydes is 1. The zero-order chi connectivity index (χ0) is 10.7. The quantitative estimate of drug-likeness (QED) is 0.744. The SMILES string of the molecule is Cc1ccc(Sc2ncco2)c(C=O)c1. The summed E-state index contributed by atoms with van der Waals surface area (Å²) in [4.78, 5) is 15.7. The molecule has 1 heterocycles. The Balaban J connectivity index is 2.32. The van der Waals surface area contributed by atoms with Gasteiger partial charge in [-0.15, -0.1) is 0 Å². The van der Waals surface area contributed by atoms with Crippen LogP contribution < -0.4 is 0 Å². The number of rotatable bonds is 3. The van der Waals surface area contributed by atoms with Crippen molar-refractivity contribution in [1.82, 2.24) is 4.98 Å². The molecule has 1 aromatic heterocycles. The number of carbonyl (C=O) groups excluding carboxylic acids is 1. The van der Waals surface area contributed by atoms with Crippen molar-refractivity contribution >= 4 is 18.0 Å². The first-order chi connectivity index (χ1) is 7.29. The number of hydrogen-bond donors (Lipinski definition) is 0. The number of oxazole rings is 1. The average molecular weight is 219 g/mol. The van der Waals surface area contributed by atoms with Crippen molar-refractivity contribution in [2.75, 3.05) is 0 Å². The Labute approximate surface area is 91.5 Å². The molecule has 0 radical (unpaired) electrons. The average Bonchev–Trinajstić information content (AvgIpc) is 2.73. The molecule has 0 amide bonds. The third kappa shape index (κ3) is 2.27. The summed E-state index contributed by atoms with van der Waals surface area (Å²) in [6, 6.07) is 5.70. The second-order valence-corrected chi connectivity index (χ2v) is 4.05. The van der Waals surface area contributed by atoms with E-state index in [1.807, 2.05) is 25.1 Å². The summed E-state index contributed by atoms with van der Waals surface area (Å²) < 4.78 is 5.10. The van der Waals surface area contributed by atoms with Crippen LogP contribution in [0.25, 0.3) is 0 Å². The number of aromatic nitrogens is 1. The molecule has 0 aliphatic carbocycles. The van der Waals surface area contributed by atoms with Crippen molar-refractivity contribution in [2.45, 2.75) is 17.0 Å². The smallest absolute Gasteiger partial charge is 0.260 e. The van der Waals surface area contributed by atoms with Gasteiger partial charge in [-0.3, -0.25) is 4.79 Å². The predicted molar refractivity (Wildman–Crippen MR) is 57.2 cm³/mol. The lowest BCUT2D eigenvalue weighted by molar-refractivity contribution is 0.112. The lowest BCUT2D eigenvalue weighted by Crippen LogP contribution is -1.86. The first-order valence-corrected chi connectivity index (χ1v) is 5.24. The minimum atomic E-state index is 0.543. The number of hydrogen-bond acceptors (Lipinski definition) is 4. The standard InChI is InChI=1S/C11H9NO2S/c1-8-2-3-10(9(6-8)7-13)15-11-12-4-5-14-11/h2-7H,1H3. The highest BCUT2D eigenvalue weighted by Crippen LogP contribution is 2.28. The molecule has 0 fully saturated rings. The molecule has 3 nitrogen and oxygen atoms in total. The van der Waals surface area contributed by atoms with Gasteiger partial charge < -0.3 is 4.42 Å². The van der Waals surface area contributed by atoms with Crippen LogP contribution in [0.4, 0.5) is 0 Å². The fourth-order valence-electron chi connectivity index (χ4n) is 1.21. The van der Waals surface area contributed by atoms with Crippen LogP contribution in [0.1, 0.15) is 15.9 Å². The van der Waals surface area contributed by atoms with Gasteiger partial charge in [-0.2, -0.15) is 0 Å². The van der Waals surface area contributed by atoms with E-state index < -0.39 is 0 Å². The van der Waals surface area contributed by atoms with E-state index >= 15 is 0 Å². The summed E-state index contributed by atoms with van der Waals surface area (Å²) in [6.45, 7) is 1.95. The highest BCUT2D eigenvalue weighted by molar-refractivity contribution is 7.99. The molecule has 0 atom stereocenters. The molecule has 0 unspecified atom stereocenters. The van der Waals surface area contributed by atoms with E-state index in [0.717, 1.165) is 16.7 Å². The maximum atomic E-state index is 10.8. The third-order valence-corrected chi connectivity index (χ3v) is 2.87. The summed E-state index contributed by atoms with van der Waals surface area (Å²) in [5.74, 6) is 0. The van der Waals surface area contributed by atoms with Crippen LogP contribution in [0.2, 0.25) is 0 Å². The molecule has 0 N–H and O–H groups in total. The Morgan fingerprint density at radius 3 is 3.00 bits per heavy atom. The van der Waals surface area contributed by atoms with Crippen molar-refractivity contribution in [3.63, 3.8) is 0 Å². The minimum absolute atomic E-state index is 0.543. The largest absolute Gasteiger partial charge is 0.440 e. The van der Waals surface area contributed by atoms with Crippen molar-refractivity contribution in [2.24, 2.45) is 0 Å². The molecular formula is C11H9NO2S. The Kier molecular flexibility index (Phi) is 2.87. The highest BCUT2D eigenvalue weighted by atomic mass is 32.2. The molecular weight excluding hydrogens is 210 g/mol. The van der Waals surface area contributed by atoms with E-state index in [2.05, 4.69) is 4.98 Å². The van der Waals surface area contributed by atoms with Gasteiger partial charge in [-0.25, -0.2) is 4.98 Å². The molecule has 1 aromatic carbocycles. The van der Waals surface area contributed by atoms with Crippen LogP contribution in [0.3, 0.4) is 0 Å². The van der Waals surface area contributed by atoms with Gasteiger partial charge in [-0.1, -0.05) is 11.6 Å². The first kappa shape index (κ1) is 9.98. The molecule has 15 heavy (non-hydrogen) atoms. The van der Waals surface area contributed by atoms with Crippen LogP contribution in [-0.4, -0.2) is 11.3 Å². The molecule has 76 valence electrons. The summed E-state index contributed by atoms with van der Waals surface area (Å²) in [5.41, 5.74) is 1.73.